The van der Waals surface area contributed by atoms with Crippen LogP contribution in [0.3, 0.4) is 0 Å². The zero-order chi connectivity index (χ0) is 16.4. The van der Waals surface area contributed by atoms with Crippen molar-refractivity contribution in [1.29, 1.82) is 0 Å². The first-order valence-corrected chi connectivity index (χ1v) is 9.75. The Balaban J connectivity index is 1.67. The number of rotatable bonds is 1. The minimum absolute atomic E-state index is 0.294. The van der Waals surface area contributed by atoms with Crippen molar-refractivity contribution in [2.24, 2.45) is 34.5 Å². The van der Waals surface area contributed by atoms with Gasteiger partial charge in [0.1, 0.15) is 5.78 Å². The zero-order valence-electron chi connectivity index (χ0n) is 15.2. The molecule has 0 radical (unpaired) electrons. The van der Waals surface area contributed by atoms with Crippen LogP contribution in [-0.4, -0.2) is 5.78 Å². The van der Waals surface area contributed by atoms with Crippen LogP contribution in [0.25, 0.3) is 0 Å². The molecule has 0 bridgehead atoms. The highest BCUT2D eigenvalue weighted by Gasteiger charge is 2.59. The smallest absolute Gasteiger partial charge is 0.133 e. The van der Waals surface area contributed by atoms with Crippen molar-refractivity contribution in [2.75, 3.05) is 0 Å². The topological polar surface area (TPSA) is 17.1 Å². The predicted molar refractivity (Wildman–Crippen MR) is 95.0 cm³/mol. The second kappa shape index (κ2) is 5.07. The molecule has 0 aliphatic heterocycles. The molecular formula is C22H32O. The lowest BCUT2D eigenvalue weighted by Gasteiger charge is -2.58. The van der Waals surface area contributed by atoms with Crippen molar-refractivity contribution in [3.63, 3.8) is 0 Å². The molecule has 0 aromatic heterocycles. The van der Waals surface area contributed by atoms with Crippen LogP contribution in [0.15, 0.2) is 23.8 Å². The van der Waals surface area contributed by atoms with Gasteiger partial charge in [-0.3, -0.25) is 4.79 Å². The first kappa shape index (κ1) is 15.7. The van der Waals surface area contributed by atoms with Crippen LogP contribution in [0, 0.1) is 34.5 Å². The van der Waals surface area contributed by atoms with Crippen LogP contribution < -0.4 is 0 Å². The van der Waals surface area contributed by atoms with Crippen LogP contribution >= 0.6 is 0 Å². The minimum atomic E-state index is 0.294. The van der Waals surface area contributed by atoms with E-state index in [9.17, 15) is 4.79 Å². The molecule has 126 valence electrons. The predicted octanol–water partition coefficient (Wildman–Crippen LogP) is 5.71. The summed E-state index contributed by atoms with van der Waals surface area (Å²) in [6.07, 6.45) is 12.6. The van der Waals surface area contributed by atoms with Crippen molar-refractivity contribution in [1.82, 2.24) is 0 Å². The maximum atomic E-state index is 12.2. The molecule has 4 rings (SSSR count). The Hall–Kier alpha value is -0.850. The van der Waals surface area contributed by atoms with E-state index in [0.29, 0.717) is 22.5 Å². The Kier molecular flexibility index (Phi) is 3.45. The summed E-state index contributed by atoms with van der Waals surface area (Å²) in [5.74, 6) is 3.28. The summed E-state index contributed by atoms with van der Waals surface area (Å²) in [6, 6.07) is 0. The Morgan fingerprint density at radius 1 is 1.09 bits per heavy atom. The molecule has 0 spiro atoms. The van der Waals surface area contributed by atoms with Crippen molar-refractivity contribution in [3.8, 4) is 0 Å². The zero-order valence-corrected chi connectivity index (χ0v) is 15.2. The summed E-state index contributed by atoms with van der Waals surface area (Å²) in [4.78, 5) is 12.2. The van der Waals surface area contributed by atoms with Crippen LogP contribution in [-0.2, 0) is 4.79 Å². The van der Waals surface area contributed by atoms with Gasteiger partial charge in [-0.25, -0.2) is 0 Å². The Morgan fingerprint density at radius 3 is 2.61 bits per heavy atom. The van der Waals surface area contributed by atoms with Gasteiger partial charge in [-0.15, -0.1) is 0 Å². The highest BCUT2D eigenvalue weighted by atomic mass is 16.1. The van der Waals surface area contributed by atoms with E-state index in [-0.39, 0.29) is 0 Å². The Labute approximate surface area is 141 Å². The van der Waals surface area contributed by atoms with Gasteiger partial charge in [-0.05, 0) is 86.9 Å². The second-order valence-electron chi connectivity index (χ2n) is 9.45. The molecule has 4 aliphatic rings. The summed E-state index contributed by atoms with van der Waals surface area (Å²) >= 11 is 0. The molecule has 0 saturated heterocycles. The van der Waals surface area contributed by atoms with Gasteiger partial charge >= 0.3 is 0 Å². The molecule has 4 aliphatic carbocycles. The molecule has 0 amide bonds. The van der Waals surface area contributed by atoms with Crippen LogP contribution in [0.1, 0.15) is 72.1 Å². The molecule has 0 N–H and O–H groups in total. The SMILES string of the molecule is C=C1C=C2CCC3C(CC[C@@]4(C)C3CC[C@@H]4C(C)=O)[C@@]2(C)CC1. The standard InChI is InChI=1S/C22H32O/c1-14-9-11-21(3)16(13-14)5-6-17-19-8-7-18(15(2)23)22(19,4)12-10-20(17)21/h13,17-20H,1,5-12H2,2-4H3/t17?,18-,19?,20?,21+,22-/m1/s1. The molecule has 3 saturated carbocycles. The second-order valence-corrected chi connectivity index (χ2v) is 9.45. The number of carbonyl (C=O) groups is 1. The fourth-order valence-electron chi connectivity index (χ4n) is 7.32. The first-order valence-electron chi connectivity index (χ1n) is 9.75. The van der Waals surface area contributed by atoms with Gasteiger partial charge < -0.3 is 0 Å². The summed E-state index contributed by atoms with van der Waals surface area (Å²) in [6.45, 7) is 11.0. The molecule has 6 atom stereocenters. The number of Topliss-reactive ketones (excluding diaryl/α,β-unsaturated/α-hetero) is 1. The molecule has 0 heterocycles. The van der Waals surface area contributed by atoms with Crippen LogP contribution in [0.5, 0.6) is 0 Å². The lowest BCUT2D eigenvalue weighted by Crippen LogP contribution is -2.50. The highest BCUT2D eigenvalue weighted by molar-refractivity contribution is 5.79. The normalized spacial score (nSPS) is 49.0. The third-order valence-corrected chi connectivity index (χ3v) is 8.57. The fourth-order valence-corrected chi connectivity index (χ4v) is 7.32. The summed E-state index contributed by atoms with van der Waals surface area (Å²) < 4.78 is 0. The van der Waals surface area contributed by atoms with E-state index >= 15 is 0 Å². The van der Waals surface area contributed by atoms with Crippen LogP contribution in [0.2, 0.25) is 0 Å². The van der Waals surface area contributed by atoms with E-state index in [1.54, 1.807) is 5.57 Å². The van der Waals surface area contributed by atoms with Gasteiger partial charge in [-0.2, -0.15) is 0 Å². The fraction of sp³-hybridized carbons (Fsp3) is 0.773. The van der Waals surface area contributed by atoms with E-state index in [1.165, 1.54) is 50.5 Å². The van der Waals surface area contributed by atoms with Gasteiger partial charge in [0.15, 0.2) is 0 Å². The summed E-state index contributed by atoms with van der Waals surface area (Å²) in [5, 5.41) is 0. The molecule has 23 heavy (non-hydrogen) atoms. The van der Waals surface area contributed by atoms with Gasteiger partial charge in [-0.1, -0.05) is 37.6 Å². The number of hydrogen-bond acceptors (Lipinski definition) is 1. The van der Waals surface area contributed by atoms with E-state index in [4.69, 9.17) is 0 Å². The van der Waals surface area contributed by atoms with Crippen molar-refractivity contribution >= 4 is 5.78 Å². The lowest BCUT2D eigenvalue weighted by atomic mass is 9.46. The van der Waals surface area contributed by atoms with E-state index in [0.717, 1.165) is 24.2 Å². The van der Waals surface area contributed by atoms with Crippen molar-refractivity contribution in [2.45, 2.75) is 72.1 Å². The average Bonchev–Trinajstić information content (AvgIpc) is 2.85. The van der Waals surface area contributed by atoms with Gasteiger partial charge in [0.25, 0.3) is 0 Å². The summed E-state index contributed by atoms with van der Waals surface area (Å²) in [7, 11) is 0. The quantitative estimate of drug-likeness (QED) is 0.606. The molecule has 3 fully saturated rings. The van der Waals surface area contributed by atoms with E-state index in [1.807, 2.05) is 6.92 Å². The molecule has 0 aromatic carbocycles. The molecule has 1 nitrogen and oxygen atoms in total. The molecule has 3 unspecified atom stereocenters. The van der Waals surface area contributed by atoms with Gasteiger partial charge in [0, 0.05) is 5.92 Å². The number of carbonyl (C=O) groups excluding carboxylic acids is 1. The number of fused-ring (bicyclic) bond motifs is 5. The maximum Gasteiger partial charge on any atom is 0.133 e. The largest absolute Gasteiger partial charge is 0.300 e. The van der Waals surface area contributed by atoms with Crippen molar-refractivity contribution in [3.05, 3.63) is 23.8 Å². The Morgan fingerprint density at radius 2 is 1.87 bits per heavy atom. The number of ketones is 1. The molecule has 1 heteroatoms. The first-order chi connectivity index (χ1) is 10.9. The number of allylic oxidation sites excluding steroid dienone is 3. The Bertz CT molecular complexity index is 585. The average molecular weight is 312 g/mol. The van der Waals surface area contributed by atoms with E-state index in [2.05, 4.69) is 26.5 Å². The number of hydrogen-bond donors (Lipinski definition) is 0. The minimum Gasteiger partial charge on any atom is -0.300 e. The lowest BCUT2D eigenvalue weighted by molar-refractivity contribution is -0.127. The molecule has 0 aromatic rings. The van der Waals surface area contributed by atoms with E-state index < -0.39 is 0 Å². The summed E-state index contributed by atoms with van der Waals surface area (Å²) in [5.41, 5.74) is 3.75. The third-order valence-electron chi connectivity index (χ3n) is 8.57. The third kappa shape index (κ3) is 2.07. The monoisotopic (exact) mass is 312 g/mol. The van der Waals surface area contributed by atoms with Gasteiger partial charge in [0.2, 0.25) is 0 Å². The van der Waals surface area contributed by atoms with Crippen LogP contribution in [0.4, 0.5) is 0 Å². The van der Waals surface area contributed by atoms with Crippen molar-refractivity contribution < 1.29 is 4.79 Å². The maximum absolute atomic E-state index is 12.2. The molecular weight excluding hydrogens is 280 g/mol. The van der Waals surface area contributed by atoms with Gasteiger partial charge in [0.05, 0.1) is 0 Å². The highest BCUT2D eigenvalue weighted by Crippen LogP contribution is 2.66.